The second-order valence-electron chi connectivity index (χ2n) is 5.95. The molecule has 6 nitrogen and oxygen atoms in total. The summed E-state index contributed by atoms with van der Waals surface area (Å²) in [6.45, 7) is 2.78. The van der Waals surface area contributed by atoms with Crippen molar-refractivity contribution >= 4 is 29.3 Å². The number of hydrogen-bond acceptors (Lipinski definition) is 5. The smallest absolute Gasteiger partial charge is 0.261 e. The molecule has 1 aliphatic heterocycles. The highest BCUT2D eigenvalue weighted by Crippen LogP contribution is 2.40. The summed E-state index contributed by atoms with van der Waals surface area (Å²) in [6, 6.07) is 12.5. The topological polar surface area (TPSA) is 75.4 Å². The van der Waals surface area contributed by atoms with E-state index >= 15 is 0 Å². The lowest BCUT2D eigenvalue weighted by atomic mass is 10.1. The van der Waals surface area contributed by atoms with Crippen molar-refractivity contribution in [3.05, 3.63) is 71.8 Å². The van der Waals surface area contributed by atoms with E-state index in [2.05, 4.69) is 10.3 Å². The maximum absolute atomic E-state index is 12.9. The molecule has 0 saturated carbocycles. The summed E-state index contributed by atoms with van der Waals surface area (Å²) in [5, 5.41) is 3.48. The van der Waals surface area contributed by atoms with Gasteiger partial charge in [0.2, 0.25) is 0 Å². The highest BCUT2D eigenvalue weighted by Gasteiger charge is 2.27. The first kappa shape index (κ1) is 17.4. The van der Waals surface area contributed by atoms with E-state index in [0.717, 1.165) is 10.6 Å². The zero-order valence-electron chi connectivity index (χ0n) is 14.6. The molecule has 1 aromatic carbocycles. The van der Waals surface area contributed by atoms with Crippen LogP contribution in [0.4, 0.5) is 5.69 Å². The molecule has 1 N–H and O–H groups in total. The molecule has 27 heavy (non-hydrogen) atoms. The van der Waals surface area contributed by atoms with Gasteiger partial charge in [0, 0.05) is 23.2 Å². The summed E-state index contributed by atoms with van der Waals surface area (Å²) in [7, 11) is 0. The molecule has 0 radical (unpaired) electrons. The van der Waals surface area contributed by atoms with Crippen molar-refractivity contribution in [2.24, 2.45) is 0 Å². The number of furan rings is 1. The lowest BCUT2D eigenvalue weighted by molar-refractivity contribution is 0.0947. The lowest BCUT2D eigenvalue weighted by Crippen LogP contribution is -2.30. The van der Waals surface area contributed by atoms with Crippen molar-refractivity contribution in [2.45, 2.75) is 23.4 Å². The van der Waals surface area contributed by atoms with Gasteiger partial charge >= 0.3 is 0 Å². The van der Waals surface area contributed by atoms with E-state index in [1.54, 1.807) is 53.8 Å². The number of nitrogens with zero attached hydrogens (tertiary/aromatic N) is 2. The number of carbonyl (C=O) groups is 2. The quantitative estimate of drug-likeness (QED) is 0.747. The Morgan fingerprint density at radius 3 is 2.93 bits per heavy atom. The van der Waals surface area contributed by atoms with E-state index < -0.39 is 0 Å². The minimum absolute atomic E-state index is 0.0816. The summed E-state index contributed by atoms with van der Waals surface area (Å²) in [4.78, 5) is 32.3. The maximum Gasteiger partial charge on any atom is 0.261 e. The fourth-order valence-electron chi connectivity index (χ4n) is 2.95. The average molecular weight is 379 g/mol. The van der Waals surface area contributed by atoms with Gasteiger partial charge in [-0.15, -0.1) is 0 Å². The van der Waals surface area contributed by atoms with Gasteiger partial charge in [0.1, 0.15) is 10.8 Å². The number of amides is 2. The van der Waals surface area contributed by atoms with Crippen LogP contribution in [0.25, 0.3) is 0 Å². The third-order valence-electron chi connectivity index (χ3n) is 4.29. The molecule has 3 heterocycles. The zero-order valence-corrected chi connectivity index (χ0v) is 15.5. The first-order chi connectivity index (χ1) is 13.2. The Kier molecular flexibility index (Phi) is 4.68. The maximum atomic E-state index is 12.9. The molecule has 4 rings (SSSR count). The van der Waals surface area contributed by atoms with Crippen LogP contribution in [-0.4, -0.2) is 23.3 Å². The molecule has 0 spiro atoms. The number of aromatic nitrogens is 1. The lowest BCUT2D eigenvalue weighted by Gasteiger charge is -2.21. The third-order valence-corrected chi connectivity index (χ3v) is 5.35. The number of fused-ring (bicyclic) bond motifs is 2. The Morgan fingerprint density at radius 1 is 1.26 bits per heavy atom. The molecule has 0 unspecified atom stereocenters. The molecule has 0 aliphatic carbocycles. The number of anilines is 1. The van der Waals surface area contributed by atoms with Gasteiger partial charge in [-0.3, -0.25) is 9.59 Å². The average Bonchev–Trinajstić information content (AvgIpc) is 3.17. The Bertz CT molecular complexity index is 1000. The molecule has 1 aliphatic rings. The van der Waals surface area contributed by atoms with Crippen LogP contribution in [0.3, 0.4) is 0 Å². The predicted molar refractivity (Wildman–Crippen MR) is 102 cm³/mol. The summed E-state index contributed by atoms with van der Waals surface area (Å²) < 4.78 is 5.24. The van der Waals surface area contributed by atoms with Gasteiger partial charge in [0.25, 0.3) is 11.8 Å². The first-order valence-electron chi connectivity index (χ1n) is 8.56. The van der Waals surface area contributed by atoms with Gasteiger partial charge in [-0.25, -0.2) is 4.98 Å². The molecular formula is C20H17N3O3S. The van der Waals surface area contributed by atoms with E-state index in [-0.39, 0.29) is 11.8 Å². The van der Waals surface area contributed by atoms with Gasteiger partial charge in [0.15, 0.2) is 0 Å². The predicted octanol–water partition coefficient (Wildman–Crippen LogP) is 3.74. The van der Waals surface area contributed by atoms with Crippen LogP contribution >= 0.6 is 11.8 Å². The molecule has 2 aromatic heterocycles. The Labute approximate surface area is 160 Å². The molecule has 2 amide bonds. The van der Waals surface area contributed by atoms with Crippen molar-refractivity contribution in [3.8, 4) is 0 Å². The summed E-state index contributed by atoms with van der Waals surface area (Å²) in [5.41, 5.74) is 1.88. The Balaban J connectivity index is 1.66. The highest BCUT2D eigenvalue weighted by molar-refractivity contribution is 7.99. The molecule has 136 valence electrons. The fraction of sp³-hybridized carbons (Fsp3) is 0.150. The Hall–Kier alpha value is -3.06. The molecule has 3 aromatic rings. The standard InChI is InChI=1S/C20H17N3O3S/c1-2-23-16-8-7-13(18(24)22-12-14-5-4-10-26-14)11-17(16)27-19-15(20(23)25)6-3-9-21-19/h3-11H,2,12H2,1H3,(H,22,24). The minimum atomic E-state index is -0.199. The van der Waals surface area contributed by atoms with Gasteiger partial charge in [-0.2, -0.15) is 0 Å². The zero-order chi connectivity index (χ0) is 18.8. The fourth-order valence-corrected chi connectivity index (χ4v) is 4.01. The number of benzene rings is 1. The molecule has 7 heteroatoms. The summed E-state index contributed by atoms with van der Waals surface area (Å²) >= 11 is 1.40. The van der Waals surface area contributed by atoms with E-state index in [1.807, 2.05) is 13.0 Å². The van der Waals surface area contributed by atoms with Gasteiger partial charge in [0.05, 0.1) is 24.1 Å². The van der Waals surface area contributed by atoms with Crippen LogP contribution in [0.1, 0.15) is 33.4 Å². The second-order valence-corrected chi connectivity index (χ2v) is 6.98. The molecule has 0 saturated heterocycles. The van der Waals surface area contributed by atoms with Gasteiger partial charge in [-0.1, -0.05) is 11.8 Å². The van der Waals surface area contributed by atoms with Crippen LogP contribution in [0.15, 0.2) is 69.3 Å². The summed E-state index contributed by atoms with van der Waals surface area (Å²) in [6.07, 6.45) is 3.24. The van der Waals surface area contributed by atoms with Crippen LogP contribution in [-0.2, 0) is 6.54 Å². The minimum Gasteiger partial charge on any atom is -0.467 e. The molecule has 0 fully saturated rings. The second kappa shape index (κ2) is 7.28. The SMILES string of the molecule is CCN1C(=O)c2cccnc2Sc2cc(C(=O)NCc3ccco3)ccc21. The first-order valence-corrected chi connectivity index (χ1v) is 9.38. The highest BCUT2D eigenvalue weighted by atomic mass is 32.2. The number of hydrogen-bond donors (Lipinski definition) is 1. The largest absolute Gasteiger partial charge is 0.467 e. The van der Waals surface area contributed by atoms with Crippen molar-refractivity contribution < 1.29 is 14.0 Å². The number of pyridine rings is 1. The van der Waals surface area contributed by atoms with E-state index in [0.29, 0.717) is 35.0 Å². The number of rotatable bonds is 4. The van der Waals surface area contributed by atoms with Gasteiger partial charge in [-0.05, 0) is 49.4 Å². The van der Waals surface area contributed by atoms with E-state index in [1.165, 1.54) is 11.8 Å². The van der Waals surface area contributed by atoms with Crippen molar-refractivity contribution in [3.63, 3.8) is 0 Å². The van der Waals surface area contributed by atoms with Crippen molar-refractivity contribution in [1.29, 1.82) is 0 Å². The molecule has 0 atom stereocenters. The van der Waals surface area contributed by atoms with Crippen LogP contribution in [0.2, 0.25) is 0 Å². The van der Waals surface area contributed by atoms with Gasteiger partial charge < -0.3 is 14.6 Å². The molecular weight excluding hydrogens is 362 g/mol. The monoisotopic (exact) mass is 379 g/mol. The number of carbonyl (C=O) groups excluding carboxylic acids is 2. The van der Waals surface area contributed by atoms with Crippen molar-refractivity contribution in [1.82, 2.24) is 10.3 Å². The van der Waals surface area contributed by atoms with Crippen LogP contribution in [0, 0.1) is 0 Å². The van der Waals surface area contributed by atoms with E-state index in [9.17, 15) is 9.59 Å². The van der Waals surface area contributed by atoms with Crippen LogP contribution in [0.5, 0.6) is 0 Å². The van der Waals surface area contributed by atoms with Crippen LogP contribution < -0.4 is 10.2 Å². The van der Waals surface area contributed by atoms with Crippen molar-refractivity contribution in [2.75, 3.05) is 11.4 Å². The van der Waals surface area contributed by atoms with E-state index in [4.69, 9.17) is 4.42 Å². The summed E-state index contributed by atoms with van der Waals surface area (Å²) in [5.74, 6) is 0.407. The number of nitrogens with one attached hydrogen (secondary N) is 1. The third kappa shape index (κ3) is 3.33. The molecule has 0 bridgehead atoms. The Morgan fingerprint density at radius 2 is 2.15 bits per heavy atom. The normalized spacial score (nSPS) is 12.9.